The Morgan fingerprint density at radius 3 is 2.41 bits per heavy atom. The van der Waals surface area contributed by atoms with Crippen molar-refractivity contribution >= 4 is 5.82 Å². The molecular weight excluding hydrogens is 245 g/mol. The molecule has 0 aliphatic rings. The summed E-state index contributed by atoms with van der Waals surface area (Å²) in [6, 6.07) is 1.93. The number of nitrogens with zero attached hydrogens (tertiary/aromatic N) is 2. The summed E-state index contributed by atoms with van der Waals surface area (Å²) >= 11 is 0. The highest BCUT2D eigenvalue weighted by atomic mass is 19.4. The second-order valence-corrected chi connectivity index (χ2v) is 3.10. The fourth-order valence-corrected chi connectivity index (χ4v) is 1.23. The van der Waals surface area contributed by atoms with E-state index in [0.717, 1.165) is 0 Å². The van der Waals surface area contributed by atoms with E-state index in [1.807, 2.05) is 0 Å². The zero-order valence-corrected chi connectivity index (χ0v) is 8.22. The van der Waals surface area contributed by atoms with Gasteiger partial charge in [-0.15, -0.1) is 0 Å². The van der Waals surface area contributed by atoms with E-state index in [4.69, 9.17) is 11.0 Å². The Morgan fingerprint density at radius 1 is 1.41 bits per heavy atom. The van der Waals surface area contributed by atoms with Crippen molar-refractivity contribution in [3.8, 4) is 6.07 Å². The monoisotopic (exact) mass is 251 g/mol. The Bertz CT molecular complexity index is 461. The van der Waals surface area contributed by atoms with Gasteiger partial charge in [0.1, 0.15) is 11.5 Å². The third-order valence-electron chi connectivity index (χ3n) is 1.95. The summed E-state index contributed by atoms with van der Waals surface area (Å²) < 4.78 is 62.1. The first-order valence-electron chi connectivity index (χ1n) is 4.29. The number of nitrogens with two attached hydrogens (primary N) is 1. The third kappa shape index (κ3) is 2.81. The fourth-order valence-electron chi connectivity index (χ4n) is 1.23. The molecule has 1 heterocycles. The minimum atomic E-state index is -4.79. The van der Waals surface area contributed by atoms with Crippen LogP contribution >= 0.6 is 0 Å². The van der Waals surface area contributed by atoms with Gasteiger partial charge in [0.2, 0.25) is 0 Å². The average Bonchev–Trinajstić information content (AvgIpc) is 2.18. The van der Waals surface area contributed by atoms with Crippen molar-refractivity contribution < 1.29 is 22.0 Å². The van der Waals surface area contributed by atoms with Gasteiger partial charge in [-0.25, -0.2) is 13.8 Å². The molecule has 0 saturated heterocycles. The van der Waals surface area contributed by atoms with E-state index in [0.29, 0.717) is 6.07 Å². The van der Waals surface area contributed by atoms with Crippen molar-refractivity contribution in [3.05, 3.63) is 22.9 Å². The molecule has 0 aliphatic heterocycles. The first-order chi connectivity index (χ1) is 7.77. The summed E-state index contributed by atoms with van der Waals surface area (Å²) in [5.74, 6) is -1.02. The molecule has 0 saturated carbocycles. The lowest BCUT2D eigenvalue weighted by molar-refractivity contribution is -0.137. The molecule has 92 valence electrons. The van der Waals surface area contributed by atoms with Crippen LogP contribution in [0.2, 0.25) is 0 Å². The van der Waals surface area contributed by atoms with E-state index in [9.17, 15) is 22.0 Å². The molecule has 1 aromatic heterocycles. The van der Waals surface area contributed by atoms with E-state index in [2.05, 4.69) is 4.98 Å². The summed E-state index contributed by atoms with van der Waals surface area (Å²) in [4.78, 5) is 3.01. The van der Waals surface area contributed by atoms with Crippen LogP contribution in [0.3, 0.4) is 0 Å². The maximum atomic E-state index is 12.5. The van der Waals surface area contributed by atoms with Crippen LogP contribution in [0.15, 0.2) is 6.07 Å². The maximum Gasteiger partial charge on any atom is 0.419 e. The summed E-state index contributed by atoms with van der Waals surface area (Å²) in [6.07, 6.45) is -8.46. The van der Waals surface area contributed by atoms with E-state index in [1.165, 1.54) is 6.07 Å². The highest BCUT2D eigenvalue weighted by Crippen LogP contribution is 2.35. The fraction of sp³-hybridized carbons (Fsp3) is 0.333. The minimum Gasteiger partial charge on any atom is -0.383 e. The number of aromatic nitrogens is 1. The predicted octanol–water partition coefficient (Wildman–Crippen LogP) is 2.69. The molecule has 0 spiro atoms. The zero-order chi connectivity index (χ0) is 13.2. The highest BCUT2D eigenvalue weighted by Gasteiger charge is 2.35. The summed E-state index contributed by atoms with van der Waals surface area (Å²) in [5.41, 5.74) is 2.29. The van der Waals surface area contributed by atoms with Crippen molar-refractivity contribution in [2.24, 2.45) is 0 Å². The second kappa shape index (κ2) is 4.53. The molecule has 2 N–H and O–H groups in total. The van der Waals surface area contributed by atoms with Crippen LogP contribution in [0, 0.1) is 11.3 Å². The van der Waals surface area contributed by atoms with Crippen LogP contribution in [0.5, 0.6) is 0 Å². The SMILES string of the molecule is N#CCc1cc(C(F)(F)F)c(N)nc1C(F)F. The Morgan fingerprint density at radius 2 is 2.00 bits per heavy atom. The zero-order valence-electron chi connectivity index (χ0n) is 8.22. The summed E-state index contributed by atoms with van der Waals surface area (Å²) in [5, 5.41) is 8.35. The average molecular weight is 251 g/mol. The molecule has 1 rings (SSSR count). The smallest absolute Gasteiger partial charge is 0.383 e. The number of hydrogen-bond acceptors (Lipinski definition) is 3. The van der Waals surface area contributed by atoms with Gasteiger partial charge in [0, 0.05) is 0 Å². The number of anilines is 1. The molecular formula is C9H6F5N3. The van der Waals surface area contributed by atoms with Crippen molar-refractivity contribution in [3.63, 3.8) is 0 Å². The molecule has 1 aromatic rings. The van der Waals surface area contributed by atoms with Crippen LogP contribution in [0.4, 0.5) is 27.8 Å². The number of halogens is 5. The molecule has 17 heavy (non-hydrogen) atoms. The van der Waals surface area contributed by atoms with Crippen LogP contribution < -0.4 is 5.73 Å². The highest BCUT2D eigenvalue weighted by molar-refractivity contribution is 5.46. The molecule has 0 atom stereocenters. The lowest BCUT2D eigenvalue weighted by Gasteiger charge is -2.13. The predicted molar refractivity (Wildman–Crippen MR) is 47.9 cm³/mol. The third-order valence-corrected chi connectivity index (χ3v) is 1.95. The number of nitriles is 1. The number of alkyl halides is 5. The quantitative estimate of drug-likeness (QED) is 0.822. The number of hydrogen-bond donors (Lipinski definition) is 1. The number of nitrogen functional groups attached to an aromatic ring is 1. The van der Waals surface area contributed by atoms with Crippen molar-refractivity contribution in [1.29, 1.82) is 5.26 Å². The Labute approximate surface area is 92.7 Å². The Kier molecular flexibility index (Phi) is 3.50. The normalized spacial score (nSPS) is 11.6. The van der Waals surface area contributed by atoms with Gasteiger partial charge in [0.05, 0.1) is 18.1 Å². The van der Waals surface area contributed by atoms with Crippen molar-refractivity contribution in [1.82, 2.24) is 4.98 Å². The van der Waals surface area contributed by atoms with Gasteiger partial charge in [-0.2, -0.15) is 18.4 Å². The first kappa shape index (κ1) is 13.2. The van der Waals surface area contributed by atoms with Gasteiger partial charge in [-0.3, -0.25) is 0 Å². The molecule has 0 amide bonds. The molecule has 0 aliphatic carbocycles. The van der Waals surface area contributed by atoms with Gasteiger partial charge in [-0.1, -0.05) is 0 Å². The Balaban J connectivity index is 3.41. The molecule has 0 fully saturated rings. The van der Waals surface area contributed by atoms with Crippen LogP contribution in [-0.2, 0) is 12.6 Å². The molecule has 0 radical (unpaired) electrons. The largest absolute Gasteiger partial charge is 0.419 e. The lowest BCUT2D eigenvalue weighted by atomic mass is 10.1. The second-order valence-electron chi connectivity index (χ2n) is 3.10. The minimum absolute atomic E-state index is 0.438. The van der Waals surface area contributed by atoms with Crippen LogP contribution in [0.25, 0.3) is 0 Å². The van der Waals surface area contributed by atoms with Crippen LogP contribution in [0.1, 0.15) is 23.2 Å². The van der Waals surface area contributed by atoms with Gasteiger partial charge >= 0.3 is 6.18 Å². The van der Waals surface area contributed by atoms with E-state index < -0.39 is 41.7 Å². The van der Waals surface area contributed by atoms with Gasteiger partial charge < -0.3 is 5.73 Å². The Hall–Kier alpha value is -1.91. The van der Waals surface area contributed by atoms with E-state index in [1.54, 1.807) is 0 Å². The lowest BCUT2D eigenvalue weighted by Crippen LogP contribution is -2.13. The number of rotatable bonds is 2. The number of pyridine rings is 1. The first-order valence-corrected chi connectivity index (χ1v) is 4.29. The van der Waals surface area contributed by atoms with Gasteiger partial charge in [-0.05, 0) is 11.6 Å². The summed E-state index contributed by atoms with van der Waals surface area (Å²) in [6.45, 7) is 0. The van der Waals surface area contributed by atoms with Gasteiger partial charge in [0.25, 0.3) is 6.43 Å². The van der Waals surface area contributed by atoms with Crippen molar-refractivity contribution in [2.75, 3.05) is 5.73 Å². The van der Waals surface area contributed by atoms with Crippen molar-refractivity contribution in [2.45, 2.75) is 19.0 Å². The van der Waals surface area contributed by atoms with E-state index >= 15 is 0 Å². The maximum absolute atomic E-state index is 12.5. The molecule has 8 heteroatoms. The molecule has 0 unspecified atom stereocenters. The molecule has 0 bridgehead atoms. The standard InChI is InChI=1S/C9H6F5N3/c10-7(11)6-4(1-2-15)3-5(8(16)17-6)9(12,13)14/h3,7H,1H2,(H2,16,17). The topological polar surface area (TPSA) is 62.7 Å². The molecule has 0 aromatic carbocycles. The van der Waals surface area contributed by atoms with Crippen LogP contribution in [-0.4, -0.2) is 4.98 Å². The summed E-state index contributed by atoms with van der Waals surface area (Å²) in [7, 11) is 0. The van der Waals surface area contributed by atoms with E-state index in [-0.39, 0.29) is 0 Å². The van der Waals surface area contributed by atoms with Gasteiger partial charge in [0.15, 0.2) is 0 Å². The molecule has 3 nitrogen and oxygen atoms in total.